The highest BCUT2D eigenvalue weighted by atomic mass is 16.5. The van der Waals surface area contributed by atoms with Crippen LogP contribution in [0.5, 0.6) is 5.75 Å². The van der Waals surface area contributed by atoms with Crippen LogP contribution in [0, 0.1) is 11.3 Å². The molecule has 0 aliphatic carbocycles. The summed E-state index contributed by atoms with van der Waals surface area (Å²) in [5, 5.41) is 8.96. The Balaban J connectivity index is 2.14. The summed E-state index contributed by atoms with van der Waals surface area (Å²) in [7, 11) is 1.61. The largest absolute Gasteiger partial charge is 0.497 e. The third-order valence-electron chi connectivity index (χ3n) is 2.96. The van der Waals surface area contributed by atoms with Crippen molar-refractivity contribution in [1.82, 2.24) is 4.90 Å². The summed E-state index contributed by atoms with van der Waals surface area (Å²) >= 11 is 0. The summed E-state index contributed by atoms with van der Waals surface area (Å²) < 4.78 is 5.13. The summed E-state index contributed by atoms with van der Waals surface area (Å²) in [5.41, 5.74) is 0.986. The van der Waals surface area contributed by atoms with Gasteiger partial charge in [0.25, 0.3) is 0 Å². The molecule has 1 aromatic rings. The molecule has 4 nitrogen and oxygen atoms in total. The molecular weight excluding hydrogens is 216 g/mol. The zero-order valence-electron chi connectivity index (χ0n) is 9.72. The molecule has 1 aliphatic heterocycles. The van der Waals surface area contributed by atoms with Crippen molar-refractivity contribution in [1.29, 1.82) is 5.26 Å². The van der Waals surface area contributed by atoms with Crippen LogP contribution in [-0.2, 0) is 11.3 Å². The molecule has 0 N–H and O–H groups in total. The molecule has 1 aliphatic rings. The van der Waals surface area contributed by atoms with Gasteiger partial charge in [-0.25, -0.2) is 0 Å². The lowest BCUT2D eigenvalue weighted by molar-refractivity contribution is -0.128. The third-order valence-corrected chi connectivity index (χ3v) is 2.96. The van der Waals surface area contributed by atoms with Crippen LogP contribution in [-0.4, -0.2) is 24.0 Å². The van der Waals surface area contributed by atoms with E-state index in [4.69, 9.17) is 10.00 Å². The van der Waals surface area contributed by atoms with Crippen molar-refractivity contribution in [3.63, 3.8) is 0 Å². The molecule has 0 bridgehead atoms. The van der Waals surface area contributed by atoms with Crippen molar-refractivity contribution in [2.24, 2.45) is 0 Å². The van der Waals surface area contributed by atoms with E-state index >= 15 is 0 Å². The number of methoxy groups -OCH3 is 1. The highest BCUT2D eigenvalue weighted by Gasteiger charge is 2.30. The highest BCUT2D eigenvalue weighted by molar-refractivity contribution is 5.79. The zero-order chi connectivity index (χ0) is 12.3. The maximum absolute atomic E-state index is 11.6. The molecule has 88 valence electrons. The van der Waals surface area contributed by atoms with E-state index in [1.165, 1.54) is 0 Å². The van der Waals surface area contributed by atoms with E-state index in [2.05, 4.69) is 6.07 Å². The molecule has 1 aromatic carbocycles. The Morgan fingerprint density at radius 1 is 1.59 bits per heavy atom. The van der Waals surface area contributed by atoms with Crippen LogP contribution >= 0.6 is 0 Å². The number of likely N-dealkylation sites (tertiary alicyclic amines) is 1. The van der Waals surface area contributed by atoms with Crippen LogP contribution in [0.25, 0.3) is 0 Å². The first-order valence-electron chi connectivity index (χ1n) is 5.56. The SMILES string of the molecule is COc1cccc(CN2C(=O)CCC2C#N)c1. The Morgan fingerprint density at radius 2 is 2.41 bits per heavy atom. The molecule has 1 unspecified atom stereocenters. The van der Waals surface area contributed by atoms with Crippen molar-refractivity contribution in [3.05, 3.63) is 29.8 Å². The van der Waals surface area contributed by atoms with Crippen LogP contribution < -0.4 is 4.74 Å². The summed E-state index contributed by atoms with van der Waals surface area (Å²) in [4.78, 5) is 13.3. The number of amides is 1. The van der Waals surface area contributed by atoms with Gasteiger partial charge in [-0.05, 0) is 24.1 Å². The predicted molar refractivity (Wildman–Crippen MR) is 62.2 cm³/mol. The molecule has 2 rings (SSSR count). The van der Waals surface area contributed by atoms with Gasteiger partial charge in [-0.15, -0.1) is 0 Å². The number of ether oxygens (including phenoxy) is 1. The van der Waals surface area contributed by atoms with E-state index in [1.54, 1.807) is 12.0 Å². The van der Waals surface area contributed by atoms with Gasteiger partial charge >= 0.3 is 0 Å². The minimum Gasteiger partial charge on any atom is -0.497 e. The van der Waals surface area contributed by atoms with Gasteiger partial charge in [-0.2, -0.15) is 5.26 Å². The summed E-state index contributed by atoms with van der Waals surface area (Å²) in [5.74, 6) is 0.821. The maximum Gasteiger partial charge on any atom is 0.224 e. The molecule has 0 aromatic heterocycles. The molecule has 1 atom stereocenters. The smallest absolute Gasteiger partial charge is 0.224 e. The van der Waals surface area contributed by atoms with Crippen molar-refractivity contribution >= 4 is 5.91 Å². The Bertz CT molecular complexity index is 465. The lowest BCUT2D eigenvalue weighted by Gasteiger charge is -2.19. The molecule has 17 heavy (non-hydrogen) atoms. The van der Waals surface area contributed by atoms with Crippen molar-refractivity contribution in [3.8, 4) is 11.8 Å². The molecule has 1 heterocycles. The molecule has 0 radical (unpaired) electrons. The van der Waals surface area contributed by atoms with Crippen LogP contribution in [0.15, 0.2) is 24.3 Å². The number of carbonyl (C=O) groups is 1. The number of nitrogens with zero attached hydrogens (tertiary/aromatic N) is 2. The number of hydrogen-bond donors (Lipinski definition) is 0. The van der Waals surface area contributed by atoms with Gasteiger partial charge < -0.3 is 9.64 Å². The molecule has 1 saturated heterocycles. The normalized spacial score (nSPS) is 19.2. The number of rotatable bonds is 3. The molecule has 1 amide bonds. The fourth-order valence-electron chi connectivity index (χ4n) is 2.03. The van der Waals surface area contributed by atoms with E-state index in [9.17, 15) is 4.79 Å². The van der Waals surface area contributed by atoms with Gasteiger partial charge in [-0.1, -0.05) is 12.1 Å². The Labute approximate surface area is 100 Å². The third kappa shape index (κ3) is 2.39. The topological polar surface area (TPSA) is 53.3 Å². The van der Waals surface area contributed by atoms with E-state index in [0.29, 0.717) is 19.4 Å². The highest BCUT2D eigenvalue weighted by Crippen LogP contribution is 2.22. The van der Waals surface area contributed by atoms with E-state index in [-0.39, 0.29) is 11.9 Å². The first kappa shape index (κ1) is 11.5. The van der Waals surface area contributed by atoms with Crippen molar-refractivity contribution in [2.75, 3.05) is 7.11 Å². The first-order chi connectivity index (χ1) is 8.24. The minimum atomic E-state index is -0.284. The van der Waals surface area contributed by atoms with Gasteiger partial charge in [0.15, 0.2) is 0 Å². The summed E-state index contributed by atoms with van der Waals surface area (Å²) in [6.07, 6.45) is 1.11. The minimum absolute atomic E-state index is 0.0550. The Kier molecular flexibility index (Phi) is 3.29. The fourth-order valence-corrected chi connectivity index (χ4v) is 2.03. The average Bonchev–Trinajstić information content (AvgIpc) is 2.71. The second-order valence-corrected chi connectivity index (χ2v) is 4.06. The number of benzene rings is 1. The van der Waals surface area contributed by atoms with Crippen LogP contribution in [0.1, 0.15) is 18.4 Å². The second-order valence-electron chi connectivity index (χ2n) is 4.06. The molecule has 1 fully saturated rings. The lowest BCUT2D eigenvalue weighted by atomic mass is 10.2. The van der Waals surface area contributed by atoms with E-state index in [0.717, 1.165) is 11.3 Å². The summed E-state index contributed by atoms with van der Waals surface area (Å²) in [6.45, 7) is 0.480. The molecule has 0 saturated carbocycles. The average molecular weight is 230 g/mol. The Morgan fingerprint density at radius 3 is 3.12 bits per heavy atom. The summed E-state index contributed by atoms with van der Waals surface area (Å²) in [6, 6.07) is 9.45. The Hall–Kier alpha value is -2.02. The fraction of sp³-hybridized carbons (Fsp3) is 0.385. The molecule has 0 spiro atoms. The lowest BCUT2D eigenvalue weighted by Crippen LogP contribution is -2.31. The van der Waals surface area contributed by atoms with Gasteiger partial charge in [0.1, 0.15) is 11.8 Å². The zero-order valence-corrected chi connectivity index (χ0v) is 9.72. The molecule has 4 heteroatoms. The monoisotopic (exact) mass is 230 g/mol. The quantitative estimate of drug-likeness (QED) is 0.794. The standard InChI is InChI=1S/C13H14N2O2/c1-17-12-4-2-3-10(7-12)9-15-11(8-14)5-6-13(15)16/h2-4,7,11H,5-6,9H2,1H3. The maximum atomic E-state index is 11.6. The van der Waals surface area contributed by atoms with Crippen LogP contribution in [0.2, 0.25) is 0 Å². The second kappa shape index (κ2) is 4.88. The molecular formula is C13H14N2O2. The van der Waals surface area contributed by atoms with E-state index in [1.807, 2.05) is 24.3 Å². The first-order valence-corrected chi connectivity index (χ1v) is 5.56. The van der Waals surface area contributed by atoms with Crippen molar-refractivity contribution < 1.29 is 9.53 Å². The van der Waals surface area contributed by atoms with Crippen LogP contribution in [0.3, 0.4) is 0 Å². The predicted octanol–water partition coefficient (Wildman–Crippen LogP) is 1.71. The number of hydrogen-bond acceptors (Lipinski definition) is 3. The van der Waals surface area contributed by atoms with Gasteiger partial charge in [0, 0.05) is 13.0 Å². The van der Waals surface area contributed by atoms with Gasteiger partial charge in [0.05, 0.1) is 13.2 Å². The van der Waals surface area contributed by atoms with Gasteiger partial charge in [0.2, 0.25) is 5.91 Å². The van der Waals surface area contributed by atoms with E-state index < -0.39 is 0 Å². The van der Waals surface area contributed by atoms with Crippen molar-refractivity contribution in [2.45, 2.75) is 25.4 Å². The number of carbonyl (C=O) groups excluding carboxylic acids is 1. The van der Waals surface area contributed by atoms with Gasteiger partial charge in [-0.3, -0.25) is 4.79 Å². The van der Waals surface area contributed by atoms with Crippen LogP contribution in [0.4, 0.5) is 0 Å². The number of nitriles is 1.